The minimum absolute atomic E-state index is 0.902. The Kier molecular flexibility index (Phi) is 5.91. The lowest BCUT2D eigenvalue weighted by Crippen LogP contribution is -1.94. The highest BCUT2D eigenvalue weighted by molar-refractivity contribution is 6.25. The molecule has 8 aromatic carbocycles. The molecule has 0 N–H and O–H groups in total. The van der Waals surface area contributed by atoms with Crippen LogP contribution in [0.15, 0.2) is 180 Å². The average Bonchev–Trinajstić information content (AvgIpc) is 3.69. The third-order valence-corrected chi connectivity index (χ3v) is 9.74. The van der Waals surface area contributed by atoms with Crippen LogP contribution in [0.3, 0.4) is 0 Å². The highest BCUT2D eigenvalue weighted by atomic mass is 16.3. The molecule has 10 aromatic rings. The zero-order valence-electron chi connectivity index (χ0n) is 26.1. The number of hydrogen-bond donors (Lipinski definition) is 0. The maximum Gasteiger partial charge on any atom is 0.137 e. The first-order valence-electron chi connectivity index (χ1n) is 16.4. The summed E-state index contributed by atoms with van der Waals surface area (Å²) in [6.45, 7) is 0. The topological polar surface area (TPSA) is 18.1 Å². The molecule has 224 valence electrons. The van der Waals surface area contributed by atoms with Gasteiger partial charge in [-0.05, 0) is 105 Å². The van der Waals surface area contributed by atoms with Gasteiger partial charge < -0.3 is 8.98 Å². The molecule has 2 nitrogen and oxygen atoms in total. The van der Waals surface area contributed by atoms with Crippen molar-refractivity contribution >= 4 is 54.5 Å². The molecule has 0 spiro atoms. The zero-order valence-corrected chi connectivity index (χ0v) is 26.1. The molecule has 0 aliphatic carbocycles. The molecule has 0 atom stereocenters. The molecule has 2 heterocycles. The van der Waals surface area contributed by atoms with Gasteiger partial charge in [0, 0.05) is 21.8 Å². The molecule has 0 saturated heterocycles. The summed E-state index contributed by atoms with van der Waals surface area (Å²) in [4.78, 5) is 0. The lowest BCUT2D eigenvalue weighted by molar-refractivity contribution is 0.669. The van der Waals surface area contributed by atoms with Gasteiger partial charge in [-0.25, -0.2) is 0 Å². The third kappa shape index (κ3) is 4.20. The van der Waals surface area contributed by atoms with E-state index in [1.807, 2.05) is 0 Å². The lowest BCUT2D eigenvalue weighted by Gasteiger charge is -2.13. The number of benzene rings is 8. The van der Waals surface area contributed by atoms with E-state index >= 15 is 0 Å². The third-order valence-electron chi connectivity index (χ3n) is 9.74. The van der Waals surface area contributed by atoms with Crippen LogP contribution in [0.2, 0.25) is 0 Å². The average molecular weight is 612 g/mol. The molecule has 0 fully saturated rings. The van der Waals surface area contributed by atoms with Gasteiger partial charge in [-0.3, -0.25) is 0 Å². The molecule has 0 aliphatic heterocycles. The van der Waals surface area contributed by atoms with Gasteiger partial charge in [0.2, 0.25) is 0 Å². The number of aromatic nitrogens is 1. The first-order valence-corrected chi connectivity index (χ1v) is 16.4. The summed E-state index contributed by atoms with van der Waals surface area (Å²) in [7, 11) is 0. The van der Waals surface area contributed by atoms with Crippen LogP contribution in [-0.4, -0.2) is 4.57 Å². The predicted octanol–water partition coefficient (Wildman–Crippen LogP) is 12.8. The molecule has 2 heteroatoms. The predicted molar refractivity (Wildman–Crippen MR) is 202 cm³/mol. The van der Waals surface area contributed by atoms with Crippen molar-refractivity contribution in [3.05, 3.63) is 176 Å². The fourth-order valence-corrected chi connectivity index (χ4v) is 7.46. The van der Waals surface area contributed by atoms with E-state index in [1.54, 1.807) is 0 Å². The van der Waals surface area contributed by atoms with Crippen molar-refractivity contribution in [3.63, 3.8) is 0 Å². The fourth-order valence-electron chi connectivity index (χ4n) is 7.46. The number of nitrogens with zero attached hydrogens (tertiary/aromatic N) is 1. The summed E-state index contributed by atoms with van der Waals surface area (Å²) in [5, 5.41) is 7.14. The first kappa shape index (κ1) is 26.8. The van der Waals surface area contributed by atoms with Crippen molar-refractivity contribution in [1.82, 2.24) is 4.57 Å². The van der Waals surface area contributed by atoms with Gasteiger partial charge in [-0.1, -0.05) is 115 Å². The second kappa shape index (κ2) is 10.6. The Labute approximate surface area is 277 Å². The first-order chi connectivity index (χ1) is 23.8. The van der Waals surface area contributed by atoms with E-state index in [0.717, 1.165) is 27.6 Å². The van der Waals surface area contributed by atoms with Crippen molar-refractivity contribution < 1.29 is 4.42 Å². The smallest absolute Gasteiger partial charge is 0.137 e. The van der Waals surface area contributed by atoms with Crippen molar-refractivity contribution in [2.24, 2.45) is 0 Å². The monoisotopic (exact) mass is 611 g/mol. The van der Waals surface area contributed by atoms with Crippen molar-refractivity contribution in [1.29, 1.82) is 0 Å². The maximum atomic E-state index is 6.51. The second-order valence-corrected chi connectivity index (χ2v) is 12.6. The van der Waals surface area contributed by atoms with E-state index < -0.39 is 0 Å². The molecule has 0 amide bonds. The zero-order chi connectivity index (χ0) is 31.6. The lowest BCUT2D eigenvalue weighted by atomic mass is 9.93. The number of furan rings is 1. The molecule has 0 saturated carbocycles. The summed E-state index contributed by atoms with van der Waals surface area (Å²) in [6, 6.07) is 63.3. The van der Waals surface area contributed by atoms with E-state index in [2.05, 4.69) is 180 Å². The Morgan fingerprint density at radius 3 is 1.58 bits per heavy atom. The van der Waals surface area contributed by atoms with Crippen LogP contribution >= 0.6 is 0 Å². The molecule has 2 aromatic heterocycles. The van der Waals surface area contributed by atoms with Crippen LogP contribution in [0.25, 0.3) is 93.6 Å². The van der Waals surface area contributed by atoms with Crippen LogP contribution in [0, 0.1) is 0 Å². The van der Waals surface area contributed by atoms with Crippen LogP contribution < -0.4 is 0 Å². The minimum atomic E-state index is 0.902. The Balaban J connectivity index is 1.18. The minimum Gasteiger partial charge on any atom is -0.456 e. The van der Waals surface area contributed by atoms with Gasteiger partial charge in [0.05, 0.1) is 16.4 Å². The van der Waals surface area contributed by atoms with Crippen molar-refractivity contribution in [2.45, 2.75) is 0 Å². The molecule has 0 aliphatic rings. The van der Waals surface area contributed by atoms with Crippen LogP contribution in [-0.2, 0) is 0 Å². The summed E-state index contributed by atoms with van der Waals surface area (Å²) >= 11 is 0. The van der Waals surface area contributed by atoms with Gasteiger partial charge in [0.15, 0.2) is 0 Å². The van der Waals surface area contributed by atoms with Crippen molar-refractivity contribution in [2.75, 3.05) is 0 Å². The van der Waals surface area contributed by atoms with Gasteiger partial charge in [0.25, 0.3) is 0 Å². The Hall–Kier alpha value is -6.38. The highest BCUT2D eigenvalue weighted by Crippen LogP contribution is 2.42. The second-order valence-electron chi connectivity index (χ2n) is 12.6. The summed E-state index contributed by atoms with van der Waals surface area (Å²) in [5.74, 6) is 0. The maximum absolute atomic E-state index is 6.51. The summed E-state index contributed by atoms with van der Waals surface area (Å²) in [5.41, 5.74) is 12.5. The number of rotatable bonds is 4. The number of para-hydroxylation sites is 1. The summed E-state index contributed by atoms with van der Waals surface area (Å²) in [6.07, 6.45) is 0. The van der Waals surface area contributed by atoms with E-state index in [-0.39, 0.29) is 0 Å². The standard InChI is InChI=1S/C46H29NO/c1-3-11-30(12-4-1)35-25-36(31-13-5-2-6-14-31)27-37(26-35)32-19-21-38(22-20-32)47-42-18-10-9-17-39(42)40-23-24-43-45(46(40)47)41-28-33-15-7-8-16-34(33)29-44(41)48-43/h1-29H. The van der Waals surface area contributed by atoms with E-state index in [1.165, 1.54) is 66.0 Å². The molecule has 48 heavy (non-hydrogen) atoms. The van der Waals surface area contributed by atoms with Gasteiger partial charge >= 0.3 is 0 Å². The quantitative estimate of drug-likeness (QED) is 0.194. The number of hydrogen-bond acceptors (Lipinski definition) is 1. The fraction of sp³-hybridized carbons (Fsp3) is 0. The van der Waals surface area contributed by atoms with E-state index in [0.29, 0.717) is 0 Å². The van der Waals surface area contributed by atoms with E-state index in [4.69, 9.17) is 4.42 Å². The van der Waals surface area contributed by atoms with Crippen molar-refractivity contribution in [3.8, 4) is 39.1 Å². The van der Waals surface area contributed by atoms with Gasteiger partial charge in [-0.2, -0.15) is 0 Å². The van der Waals surface area contributed by atoms with Crippen LogP contribution in [0.5, 0.6) is 0 Å². The van der Waals surface area contributed by atoms with Crippen LogP contribution in [0.1, 0.15) is 0 Å². The Morgan fingerprint density at radius 1 is 0.354 bits per heavy atom. The molecule has 0 radical (unpaired) electrons. The normalized spacial score (nSPS) is 11.8. The largest absolute Gasteiger partial charge is 0.456 e. The molecule has 0 bridgehead atoms. The Bertz CT molecular complexity index is 2750. The summed E-state index contributed by atoms with van der Waals surface area (Å²) < 4.78 is 8.93. The van der Waals surface area contributed by atoms with Crippen LogP contribution in [0.4, 0.5) is 0 Å². The van der Waals surface area contributed by atoms with E-state index in [9.17, 15) is 0 Å². The Morgan fingerprint density at radius 2 is 0.917 bits per heavy atom. The SMILES string of the molecule is c1ccc(-c2cc(-c3ccccc3)cc(-c3ccc(-n4c5ccccc5c5ccc6oc7cc8ccccc8cc7c6c54)cc3)c2)cc1. The molecule has 10 rings (SSSR count). The van der Waals surface area contributed by atoms with Gasteiger partial charge in [-0.15, -0.1) is 0 Å². The van der Waals surface area contributed by atoms with Gasteiger partial charge in [0.1, 0.15) is 11.2 Å². The number of fused-ring (bicyclic) bond motifs is 8. The molecule has 0 unspecified atom stereocenters. The highest BCUT2D eigenvalue weighted by Gasteiger charge is 2.19. The molecular formula is C46H29NO. The molecular weight excluding hydrogens is 583 g/mol.